The number of rotatable bonds is 5. The molecule has 8 nitrogen and oxygen atoms in total. The van der Waals surface area contributed by atoms with Crippen molar-refractivity contribution in [3.8, 4) is 22.8 Å². The fourth-order valence-corrected chi connectivity index (χ4v) is 3.71. The summed E-state index contributed by atoms with van der Waals surface area (Å²) in [6, 6.07) is 9.22. The van der Waals surface area contributed by atoms with E-state index in [0.29, 0.717) is 33.2 Å². The summed E-state index contributed by atoms with van der Waals surface area (Å²) in [6.45, 7) is 5.76. The van der Waals surface area contributed by atoms with Crippen molar-refractivity contribution in [2.75, 3.05) is 0 Å². The number of nitrogens with zero attached hydrogens (tertiary/aromatic N) is 5. The molecule has 1 atom stereocenters. The summed E-state index contributed by atoms with van der Waals surface area (Å²) in [4.78, 5) is 16.8. The minimum Gasteiger partial charge on any atom is -0.456 e. The Labute approximate surface area is 188 Å². The SMILES string of the molecule is Cc1nc2ccc(Oc3ccc4ncc(-c5cnn(C(O)C(C)C)c5)nc4c3Cl)cc2[nH]1. The van der Waals surface area contributed by atoms with Crippen molar-refractivity contribution in [2.24, 2.45) is 5.92 Å². The fourth-order valence-electron chi connectivity index (χ4n) is 3.47. The van der Waals surface area contributed by atoms with Crippen LogP contribution in [0.3, 0.4) is 0 Å². The van der Waals surface area contributed by atoms with Crippen molar-refractivity contribution in [3.05, 3.63) is 59.8 Å². The fraction of sp³-hybridized carbons (Fsp3) is 0.217. The lowest BCUT2D eigenvalue weighted by Gasteiger charge is -2.14. The molecule has 2 N–H and O–H groups in total. The predicted octanol–water partition coefficient (Wildman–Crippen LogP) is 5.27. The van der Waals surface area contributed by atoms with Gasteiger partial charge in [-0.1, -0.05) is 25.4 Å². The number of hydrogen-bond acceptors (Lipinski definition) is 6. The highest BCUT2D eigenvalue weighted by atomic mass is 35.5. The van der Waals surface area contributed by atoms with E-state index in [1.165, 1.54) is 4.68 Å². The van der Waals surface area contributed by atoms with Gasteiger partial charge in [0.2, 0.25) is 0 Å². The highest BCUT2D eigenvalue weighted by molar-refractivity contribution is 6.36. The van der Waals surface area contributed by atoms with Gasteiger partial charge >= 0.3 is 0 Å². The Bertz CT molecular complexity index is 1440. The van der Waals surface area contributed by atoms with Crippen molar-refractivity contribution in [2.45, 2.75) is 27.0 Å². The number of ether oxygens (including phenoxy) is 1. The molecule has 3 heterocycles. The Hall–Kier alpha value is -3.49. The molecule has 0 aliphatic rings. The molecular weight excluding hydrogens is 428 g/mol. The average molecular weight is 449 g/mol. The Morgan fingerprint density at radius 2 is 1.91 bits per heavy atom. The quantitative estimate of drug-likeness (QED) is 0.379. The third-order valence-electron chi connectivity index (χ3n) is 5.18. The van der Waals surface area contributed by atoms with Gasteiger partial charge in [-0.15, -0.1) is 0 Å². The molecule has 2 aromatic carbocycles. The molecule has 32 heavy (non-hydrogen) atoms. The van der Waals surface area contributed by atoms with Crippen LogP contribution in [0.15, 0.2) is 48.9 Å². The maximum atomic E-state index is 10.2. The van der Waals surface area contributed by atoms with Crippen LogP contribution in [0.2, 0.25) is 5.02 Å². The molecular formula is C23H21ClN6O2. The van der Waals surface area contributed by atoms with Crippen molar-refractivity contribution in [1.82, 2.24) is 29.7 Å². The van der Waals surface area contributed by atoms with Crippen LogP contribution in [-0.4, -0.2) is 34.8 Å². The Morgan fingerprint density at radius 3 is 2.72 bits per heavy atom. The van der Waals surface area contributed by atoms with E-state index in [-0.39, 0.29) is 5.92 Å². The summed E-state index contributed by atoms with van der Waals surface area (Å²) in [6.07, 6.45) is 4.35. The van der Waals surface area contributed by atoms with E-state index in [1.54, 1.807) is 24.7 Å². The van der Waals surface area contributed by atoms with Crippen LogP contribution in [0.1, 0.15) is 25.9 Å². The van der Waals surface area contributed by atoms with Crippen molar-refractivity contribution < 1.29 is 9.84 Å². The van der Waals surface area contributed by atoms with Gasteiger partial charge in [0.25, 0.3) is 0 Å². The van der Waals surface area contributed by atoms with Crippen LogP contribution >= 0.6 is 11.6 Å². The lowest BCUT2D eigenvalue weighted by Crippen LogP contribution is -2.14. The number of hydrogen-bond donors (Lipinski definition) is 2. The van der Waals surface area contributed by atoms with Crippen LogP contribution in [-0.2, 0) is 0 Å². The van der Waals surface area contributed by atoms with Gasteiger partial charge in [-0.25, -0.2) is 14.6 Å². The summed E-state index contributed by atoms with van der Waals surface area (Å²) in [7, 11) is 0. The molecule has 0 aliphatic carbocycles. The topological polar surface area (TPSA) is 102 Å². The lowest BCUT2D eigenvalue weighted by molar-refractivity contribution is 0.0449. The first-order valence-corrected chi connectivity index (χ1v) is 10.6. The van der Waals surface area contributed by atoms with Gasteiger partial charge in [-0.2, -0.15) is 5.10 Å². The van der Waals surface area contributed by atoms with Crippen LogP contribution in [0.25, 0.3) is 33.3 Å². The van der Waals surface area contributed by atoms with Crippen LogP contribution < -0.4 is 4.74 Å². The summed E-state index contributed by atoms with van der Waals surface area (Å²) in [5.41, 5.74) is 4.28. The molecule has 0 bridgehead atoms. The number of aromatic amines is 1. The monoisotopic (exact) mass is 448 g/mol. The van der Waals surface area contributed by atoms with Gasteiger partial charge in [0.1, 0.15) is 34.1 Å². The average Bonchev–Trinajstić information content (AvgIpc) is 3.41. The Morgan fingerprint density at radius 1 is 1.09 bits per heavy atom. The van der Waals surface area contributed by atoms with Gasteiger partial charge in [0.05, 0.1) is 34.6 Å². The number of imidazole rings is 1. The summed E-state index contributed by atoms with van der Waals surface area (Å²) < 4.78 is 7.56. The number of aromatic nitrogens is 6. The molecule has 162 valence electrons. The molecule has 0 saturated heterocycles. The molecule has 9 heteroatoms. The number of benzene rings is 2. The zero-order valence-electron chi connectivity index (χ0n) is 17.7. The van der Waals surface area contributed by atoms with Gasteiger partial charge in [0, 0.05) is 17.8 Å². The third-order valence-corrected chi connectivity index (χ3v) is 5.55. The van der Waals surface area contributed by atoms with Crippen molar-refractivity contribution in [3.63, 3.8) is 0 Å². The number of aliphatic hydroxyl groups is 1. The number of halogens is 1. The van der Waals surface area contributed by atoms with Crippen LogP contribution in [0.4, 0.5) is 0 Å². The standard InChI is InChI=1S/C23H21ClN6O2/c1-12(2)23(31)30-11-14(9-26-30)19-10-25-17-6-7-20(21(24)22(17)29-19)32-15-4-5-16-18(8-15)28-13(3)27-16/h4-12,23,31H,1-3H3,(H,27,28). The molecule has 0 aliphatic heterocycles. The first-order valence-electron chi connectivity index (χ1n) is 10.2. The van der Waals surface area contributed by atoms with E-state index < -0.39 is 6.23 Å². The van der Waals surface area contributed by atoms with E-state index in [0.717, 1.165) is 22.4 Å². The first kappa shape index (κ1) is 20.4. The van der Waals surface area contributed by atoms with E-state index in [9.17, 15) is 5.11 Å². The van der Waals surface area contributed by atoms with E-state index in [1.807, 2.05) is 45.0 Å². The number of nitrogens with one attached hydrogen (secondary N) is 1. The second-order valence-electron chi connectivity index (χ2n) is 7.97. The Balaban J connectivity index is 1.49. The summed E-state index contributed by atoms with van der Waals surface area (Å²) in [5.74, 6) is 1.99. The molecule has 0 spiro atoms. The molecule has 0 radical (unpaired) electrons. The molecule has 1 unspecified atom stereocenters. The lowest BCUT2D eigenvalue weighted by atomic mass is 10.2. The smallest absolute Gasteiger partial charge is 0.149 e. The minimum absolute atomic E-state index is 0.0319. The van der Waals surface area contributed by atoms with E-state index in [2.05, 4.69) is 20.1 Å². The molecule has 5 rings (SSSR count). The number of fused-ring (bicyclic) bond motifs is 2. The second kappa shape index (κ2) is 7.89. The normalized spacial score (nSPS) is 12.7. The zero-order chi connectivity index (χ0) is 22.4. The van der Waals surface area contributed by atoms with E-state index in [4.69, 9.17) is 21.3 Å². The zero-order valence-corrected chi connectivity index (χ0v) is 18.5. The number of H-pyrrole nitrogens is 1. The predicted molar refractivity (Wildman–Crippen MR) is 123 cm³/mol. The Kier molecular flexibility index (Phi) is 5.03. The van der Waals surface area contributed by atoms with Gasteiger partial charge < -0.3 is 14.8 Å². The first-order chi connectivity index (χ1) is 15.4. The molecule has 0 saturated carbocycles. The highest BCUT2D eigenvalue weighted by Gasteiger charge is 2.16. The molecule has 0 fully saturated rings. The summed E-state index contributed by atoms with van der Waals surface area (Å²) >= 11 is 6.66. The highest BCUT2D eigenvalue weighted by Crippen LogP contribution is 2.35. The number of aliphatic hydroxyl groups excluding tert-OH is 1. The molecule has 5 aromatic rings. The van der Waals surface area contributed by atoms with Crippen LogP contribution in [0.5, 0.6) is 11.5 Å². The summed E-state index contributed by atoms with van der Waals surface area (Å²) in [5, 5.41) is 14.9. The van der Waals surface area contributed by atoms with Gasteiger partial charge in [-0.3, -0.25) is 4.98 Å². The van der Waals surface area contributed by atoms with Gasteiger partial charge in [-0.05, 0) is 37.1 Å². The maximum absolute atomic E-state index is 10.2. The minimum atomic E-state index is -0.711. The van der Waals surface area contributed by atoms with E-state index >= 15 is 0 Å². The maximum Gasteiger partial charge on any atom is 0.149 e. The van der Waals surface area contributed by atoms with Crippen molar-refractivity contribution in [1.29, 1.82) is 0 Å². The van der Waals surface area contributed by atoms with Gasteiger partial charge in [0.15, 0.2) is 0 Å². The number of aryl methyl sites for hydroxylation is 1. The third kappa shape index (κ3) is 3.68. The van der Waals surface area contributed by atoms with Crippen LogP contribution in [0, 0.1) is 12.8 Å². The second-order valence-corrected chi connectivity index (χ2v) is 8.35. The molecule has 3 aromatic heterocycles. The van der Waals surface area contributed by atoms with Crippen molar-refractivity contribution >= 4 is 33.7 Å². The molecule has 0 amide bonds. The largest absolute Gasteiger partial charge is 0.456 e.